The fourth-order valence-corrected chi connectivity index (χ4v) is 5.15. The highest BCUT2D eigenvalue weighted by Gasteiger charge is 2.53. The predicted molar refractivity (Wildman–Crippen MR) is 81.3 cm³/mol. The van der Waals surface area contributed by atoms with Gasteiger partial charge in [0, 0.05) is 18.5 Å². The van der Waals surface area contributed by atoms with Gasteiger partial charge in [-0.05, 0) is 62.3 Å². The van der Waals surface area contributed by atoms with Gasteiger partial charge in [-0.2, -0.15) is 0 Å². The molecule has 3 rings (SSSR count). The van der Waals surface area contributed by atoms with Crippen LogP contribution in [0.2, 0.25) is 0 Å². The second kappa shape index (κ2) is 6.05. The van der Waals surface area contributed by atoms with Crippen molar-refractivity contribution in [2.75, 3.05) is 6.54 Å². The van der Waals surface area contributed by atoms with Crippen LogP contribution in [0.25, 0.3) is 0 Å². The van der Waals surface area contributed by atoms with Crippen molar-refractivity contribution in [2.24, 2.45) is 23.7 Å². The number of hydrogen-bond donors (Lipinski definition) is 2. The van der Waals surface area contributed by atoms with Crippen LogP contribution < -0.4 is 10.6 Å². The molecule has 0 radical (unpaired) electrons. The quantitative estimate of drug-likeness (QED) is 0.734. The van der Waals surface area contributed by atoms with E-state index in [9.17, 15) is 4.79 Å². The first-order chi connectivity index (χ1) is 9.65. The van der Waals surface area contributed by atoms with Crippen molar-refractivity contribution < 1.29 is 4.79 Å². The summed E-state index contributed by atoms with van der Waals surface area (Å²) in [6, 6.07) is 1.02. The Kier molecular flexibility index (Phi) is 4.34. The van der Waals surface area contributed by atoms with Gasteiger partial charge in [0.15, 0.2) is 0 Å². The molecule has 3 nitrogen and oxygen atoms in total. The van der Waals surface area contributed by atoms with E-state index in [-0.39, 0.29) is 5.91 Å². The van der Waals surface area contributed by atoms with Crippen LogP contribution in [0.15, 0.2) is 0 Å². The molecule has 0 aromatic carbocycles. The molecule has 1 amide bonds. The number of carbonyl (C=O) groups excluding carboxylic acids is 1. The molecule has 3 heteroatoms. The van der Waals surface area contributed by atoms with E-state index in [1.807, 2.05) is 0 Å². The maximum absolute atomic E-state index is 12.1. The molecule has 2 bridgehead atoms. The molecule has 0 aromatic heterocycles. The highest BCUT2D eigenvalue weighted by atomic mass is 16.1. The maximum atomic E-state index is 12.1. The summed E-state index contributed by atoms with van der Waals surface area (Å²) in [5.41, 5.74) is 0. The van der Waals surface area contributed by atoms with Crippen LogP contribution in [0.5, 0.6) is 0 Å². The van der Waals surface area contributed by atoms with Gasteiger partial charge in [0.05, 0.1) is 0 Å². The van der Waals surface area contributed by atoms with E-state index in [1.165, 1.54) is 32.1 Å². The normalized spacial score (nSPS) is 38.5. The summed E-state index contributed by atoms with van der Waals surface area (Å²) in [4.78, 5) is 12.1. The minimum absolute atomic E-state index is 0.280. The molecule has 3 aliphatic carbocycles. The molecule has 0 heterocycles. The molecule has 5 unspecified atom stereocenters. The van der Waals surface area contributed by atoms with E-state index in [2.05, 4.69) is 24.5 Å². The molecule has 2 N–H and O–H groups in total. The Hall–Kier alpha value is -0.570. The molecule has 0 spiro atoms. The molecule has 114 valence electrons. The fraction of sp³-hybridized carbons (Fsp3) is 0.941. The van der Waals surface area contributed by atoms with Crippen molar-refractivity contribution in [2.45, 2.75) is 70.9 Å². The zero-order chi connectivity index (χ0) is 14.1. The lowest BCUT2D eigenvalue weighted by atomic mass is 9.79. The Balaban J connectivity index is 1.40. The average Bonchev–Trinajstić information content (AvgIpc) is 3.05. The van der Waals surface area contributed by atoms with E-state index >= 15 is 0 Å². The van der Waals surface area contributed by atoms with Crippen LogP contribution in [0.1, 0.15) is 58.8 Å². The Morgan fingerprint density at radius 2 is 1.95 bits per heavy atom. The Bertz CT molecular complexity index is 355. The Morgan fingerprint density at radius 3 is 2.75 bits per heavy atom. The Morgan fingerprint density at radius 1 is 1.15 bits per heavy atom. The second-order valence-electron chi connectivity index (χ2n) is 7.54. The summed E-state index contributed by atoms with van der Waals surface area (Å²) in [6.45, 7) is 5.24. The van der Waals surface area contributed by atoms with E-state index in [1.54, 1.807) is 0 Å². The molecular weight excluding hydrogens is 248 g/mol. The average molecular weight is 278 g/mol. The maximum Gasteiger partial charge on any atom is 0.220 e. The molecule has 3 aliphatic rings. The Labute approximate surface area is 123 Å². The third-order valence-corrected chi connectivity index (χ3v) is 5.91. The summed E-state index contributed by atoms with van der Waals surface area (Å²) in [6.07, 6.45) is 8.63. The molecule has 20 heavy (non-hydrogen) atoms. The highest BCUT2D eigenvalue weighted by molar-refractivity contribution is 5.76. The van der Waals surface area contributed by atoms with Crippen molar-refractivity contribution in [3.63, 3.8) is 0 Å². The minimum atomic E-state index is 0.280. The molecule has 3 fully saturated rings. The number of hydrogen-bond acceptors (Lipinski definition) is 2. The molecule has 5 atom stereocenters. The second-order valence-corrected chi connectivity index (χ2v) is 7.54. The van der Waals surface area contributed by atoms with E-state index < -0.39 is 0 Å². The van der Waals surface area contributed by atoms with Crippen molar-refractivity contribution in [1.82, 2.24) is 10.6 Å². The predicted octanol–water partition coefficient (Wildman–Crippen LogP) is 2.71. The topological polar surface area (TPSA) is 41.1 Å². The van der Waals surface area contributed by atoms with E-state index in [0.717, 1.165) is 36.6 Å². The first kappa shape index (κ1) is 14.4. The minimum Gasteiger partial charge on any atom is -0.353 e. The number of carbonyl (C=O) groups is 1. The van der Waals surface area contributed by atoms with Crippen LogP contribution in [0, 0.1) is 23.7 Å². The van der Waals surface area contributed by atoms with Crippen LogP contribution in [-0.4, -0.2) is 24.5 Å². The summed E-state index contributed by atoms with van der Waals surface area (Å²) >= 11 is 0. The molecule has 0 saturated heterocycles. The fourth-order valence-electron chi connectivity index (χ4n) is 5.15. The van der Waals surface area contributed by atoms with Gasteiger partial charge in [0.2, 0.25) is 5.91 Å². The van der Waals surface area contributed by atoms with E-state index in [0.29, 0.717) is 18.5 Å². The lowest BCUT2D eigenvalue weighted by Crippen LogP contribution is -2.42. The molecule has 0 aliphatic heterocycles. The van der Waals surface area contributed by atoms with Gasteiger partial charge < -0.3 is 10.6 Å². The summed E-state index contributed by atoms with van der Waals surface area (Å²) < 4.78 is 0. The monoisotopic (exact) mass is 278 g/mol. The van der Waals surface area contributed by atoms with Gasteiger partial charge >= 0.3 is 0 Å². The van der Waals surface area contributed by atoms with Gasteiger partial charge in [0.1, 0.15) is 0 Å². The molecule has 3 saturated carbocycles. The van der Waals surface area contributed by atoms with Gasteiger partial charge in [-0.3, -0.25) is 4.79 Å². The largest absolute Gasteiger partial charge is 0.353 e. The zero-order valence-electron chi connectivity index (χ0n) is 13.0. The first-order valence-electron chi connectivity index (χ1n) is 8.68. The summed E-state index contributed by atoms with van der Waals surface area (Å²) in [7, 11) is 0. The van der Waals surface area contributed by atoms with Gasteiger partial charge in [-0.15, -0.1) is 0 Å². The van der Waals surface area contributed by atoms with Crippen molar-refractivity contribution in [1.29, 1.82) is 0 Å². The van der Waals surface area contributed by atoms with Gasteiger partial charge in [0.25, 0.3) is 0 Å². The van der Waals surface area contributed by atoms with Gasteiger partial charge in [-0.25, -0.2) is 0 Å². The molecular formula is C17H30N2O. The third-order valence-electron chi connectivity index (χ3n) is 5.91. The summed E-state index contributed by atoms with van der Waals surface area (Å²) in [5, 5.41) is 6.72. The van der Waals surface area contributed by atoms with Crippen LogP contribution in [-0.2, 0) is 4.79 Å². The SMILES string of the molecule is CC(C)NCCCC(=O)NC1CC2CC1C1CCCC21. The van der Waals surface area contributed by atoms with Gasteiger partial charge in [-0.1, -0.05) is 20.3 Å². The first-order valence-corrected chi connectivity index (χ1v) is 8.68. The third kappa shape index (κ3) is 2.88. The van der Waals surface area contributed by atoms with E-state index in [4.69, 9.17) is 0 Å². The van der Waals surface area contributed by atoms with Crippen molar-refractivity contribution in [3.05, 3.63) is 0 Å². The van der Waals surface area contributed by atoms with Crippen LogP contribution in [0.4, 0.5) is 0 Å². The van der Waals surface area contributed by atoms with Crippen molar-refractivity contribution in [3.8, 4) is 0 Å². The van der Waals surface area contributed by atoms with Crippen LogP contribution in [0.3, 0.4) is 0 Å². The number of nitrogens with one attached hydrogen (secondary N) is 2. The van der Waals surface area contributed by atoms with Crippen LogP contribution >= 0.6 is 0 Å². The lowest BCUT2D eigenvalue weighted by Gasteiger charge is -2.32. The zero-order valence-corrected chi connectivity index (χ0v) is 13.0. The number of rotatable bonds is 6. The standard InChI is InChI=1S/C17H30N2O/c1-11(2)18-8-4-7-17(20)19-16-10-12-9-15(16)14-6-3-5-13(12)14/h11-16,18H,3-10H2,1-2H3,(H,19,20). The number of fused-ring (bicyclic) bond motifs is 5. The lowest BCUT2D eigenvalue weighted by molar-refractivity contribution is -0.122. The van der Waals surface area contributed by atoms with Crippen molar-refractivity contribution >= 4 is 5.91 Å². The summed E-state index contributed by atoms with van der Waals surface area (Å²) in [5.74, 6) is 3.98. The number of amides is 1. The molecule has 0 aromatic rings. The highest BCUT2D eigenvalue weighted by Crippen LogP contribution is 2.58. The smallest absolute Gasteiger partial charge is 0.220 e.